The van der Waals surface area contributed by atoms with Gasteiger partial charge in [-0.2, -0.15) is 0 Å². The van der Waals surface area contributed by atoms with E-state index in [4.69, 9.17) is 5.73 Å². The van der Waals surface area contributed by atoms with Crippen molar-refractivity contribution >= 4 is 22.6 Å². The van der Waals surface area contributed by atoms with Crippen LogP contribution in [-0.4, -0.2) is 58.7 Å². The van der Waals surface area contributed by atoms with Crippen molar-refractivity contribution < 1.29 is 9.90 Å². The average Bonchev–Trinajstić information content (AvgIpc) is 2.75. The number of nitrogens with zero attached hydrogens (tertiary/aromatic N) is 4. The molecular weight excluding hydrogens is 354 g/mol. The molecule has 3 N–H and O–H groups in total. The maximum Gasteiger partial charge on any atom is 0.251 e. The summed E-state index contributed by atoms with van der Waals surface area (Å²) < 4.78 is 0. The summed E-state index contributed by atoms with van der Waals surface area (Å²) in [6, 6.07) is 14.5. The van der Waals surface area contributed by atoms with Crippen molar-refractivity contribution in [3.8, 4) is 0 Å². The first-order valence-electron chi connectivity index (χ1n) is 9.36. The third-order valence-corrected chi connectivity index (χ3v) is 5.32. The molecule has 28 heavy (non-hydrogen) atoms. The van der Waals surface area contributed by atoms with Gasteiger partial charge in [-0.25, -0.2) is 9.97 Å². The van der Waals surface area contributed by atoms with Gasteiger partial charge in [-0.3, -0.25) is 9.69 Å². The van der Waals surface area contributed by atoms with Crippen LogP contribution in [0.5, 0.6) is 0 Å². The van der Waals surface area contributed by atoms with Crippen LogP contribution in [0.1, 0.15) is 22.0 Å². The molecule has 1 atom stereocenters. The number of hydrogen-bond acceptors (Lipinski definition) is 6. The summed E-state index contributed by atoms with van der Waals surface area (Å²) in [6.07, 6.45) is 2.92. The van der Waals surface area contributed by atoms with Gasteiger partial charge in [0.05, 0.1) is 18.2 Å². The number of aliphatic hydroxyl groups excluding tert-OH is 1. The van der Waals surface area contributed by atoms with Gasteiger partial charge in [0.15, 0.2) is 0 Å². The van der Waals surface area contributed by atoms with Crippen LogP contribution in [0, 0.1) is 0 Å². The van der Waals surface area contributed by atoms with Gasteiger partial charge in [0.25, 0.3) is 5.91 Å². The lowest BCUT2D eigenvalue weighted by Crippen LogP contribution is -2.49. The molecule has 1 aliphatic rings. The van der Waals surface area contributed by atoms with Crippen LogP contribution in [-0.2, 0) is 0 Å². The first-order chi connectivity index (χ1) is 13.7. The monoisotopic (exact) mass is 377 g/mol. The smallest absolute Gasteiger partial charge is 0.251 e. The molecule has 0 aliphatic carbocycles. The Morgan fingerprint density at radius 1 is 1.04 bits per heavy atom. The molecule has 2 heterocycles. The summed E-state index contributed by atoms with van der Waals surface area (Å²) in [7, 11) is 0. The Morgan fingerprint density at radius 2 is 1.71 bits per heavy atom. The zero-order valence-electron chi connectivity index (χ0n) is 15.5. The van der Waals surface area contributed by atoms with E-state index < -0.39 is 5.91 Å². The molecule has 7 nitrogen and oxygen atoms in total. The Labute approximate surface area is 163 Å². The van der Waals surface area contributed by atoms with Crippen molar-refractivity contribution in [2.45, 2.75) is 6.04 Å². The van der Waals surface area contributed by atoms with E-state index in [1.807, 2.05) is 18.2 Å². The second-order valence-electron chi connectivity index (χ2n) is 6.93. The highest BCUT2D eigenvalue weighted by Gasteiger charge is 2.26. The molecule has 1 amide bonds. The van der Waals surface area contributed by atoms with E-state index in [0.717, 1.165) is 31.7 Å². The molecule has 144 valence electrons. The van der Waals surface area contributed by atoms with Gasteiger partial charge in [0, 0.05) is 38.6 Å². The maximum atomic E-state index is 11.2. The van der Waals surface area contributed by atoms with Crippen LogP contribution in [0.3, 0.4) is 0 Å². The number of carbonyl (C=O) groups excluding carboxylic acids is 1. The highest BCUT2D eigenvalue weighted by molar-refractivity contribution is 5.92. The molecule has 4 rings (SSSR count). The number of aromatic nitrogens is 2. The molecule has 2 aromatic carbocycles. The Morgan fingerprint density at radius 3 is 2.39 bits per heavy atom. The highest BCUT2D eigenvalue weighted by Crippen LogP contribution is 2.29. The highest BCUT2D eigenvalue weighted by atomic mass is 16.3. The van der Waals surface area contributed by atoms with E-state index in [1.54, 1.807) is 0 Å². The number of carbonyl (C=O) groups is 1. The lowest BCUT2D eigenvalue weighted by Gasteiger charge is -2.39. The van der Waals surface area contributed by atoms with Crippen LogP contribution in [0.25, 0.3) is 10.8 Å². The largest absolute Gasteiger partial charge is 0.394 e. The van der Waals surface area contributed by atoms with Crippen molar-refractivity contribution in [3.05, 3.63) is 66.0 Å². The minimum Gasteiger partial charge on any atom is -0.394 e. The third kappa shape index (κ3) is 3.54. The summed E-state index contributed by atoms with van der Waals surface area (Å²) in [6.45, 7) is 3.14. The van der Waals surface area contributed by atoms with Gasteiger partial charge in [0.2, 0.25) is 5.95 Å². The normalized spacial score (nSPS) is 16.2. The lowest BCUT2D eigenvalue weighted by atomic mass is 9.97. The molecule has 0 radical (unpaired) electrons. The molecule has 1 saturated heterocycles. The Kier molecular flexibility index (Phi) is 5.18. The van der Waals surface area contributed by atoms with Gasteiger partial charge in [-0.05, 0) is 16.3 Å². The van der Waals surface area contributed by atoms with Crippen molar-refractivity contribution in [2.75, 3.05) is 37.7 Å². The van der Waals surface area contributed by atoms with Crippen molar-refractivity contribution in [3.63, 3.8) is 0 Å². The average molecular weight is 377 g/mol. The van der Waals surface area contributed by atoms with Gasteiger partial charge in [-0.15, -0.1) is 0 Å². The van der Waals surface area contributed by atoms with E-state index in [0.29, 0.717) is 11.5 Å². The summed E-state index contributed by atoms with van der Waals surface area (Å²) in [5.74, 6) is 0.0626. The molecule has 0 bridgehead atoms. The third-order valence-electron chi connectivity index (χ3n) is 5.32. The van der Waals surface area contributed by atoms with E-state index in [-0.39, 0.29) is 12.6 Å². The van der Waals surface area contributed by atoms with Crippen molar-refractivity contribution in [2.24, 2.45) is 5.73 Å². The van der Waals surface area contributed by atoms with Gasteiger partial charge in [0.1, 0.15) is 0 Å². The molecule has 0 saturated carbocycles. The number of hydrogen-bond donors (Lipinski definition) is 2. The number of primary amides is 1. The molecule has 1 aromatic heterocycles. The van der Waals surface area contributed by atoms with Crippen LogP contribution >= 0.6 is 0 Å². The van der Waals surface area contributed by atoms with E-state index in [1.165, 1.54) is 23.2 Å². The number of amides is 1. The number of nitrogens with two attached hydrogens (primary N) is 1. The van der Waals surface area contributed by atoms with Gasteiger partial charge >= 0.3 is 0 Å². The van der Waals surface area contributed by atoms with Gasteiger partial charge in [-0.1, -0.05) is 42.5 Å². The van der Waals surface area contributed by atoms with Crippen LogP contribution in [0.2, 0.25) is 0 Å². The van der Waals surface area contributed by atoms with Crippen molar-refractivity contribution in [1.82, 2.24) is 14.9 Å². The van der Waals surface area contributed by atoms with Crippen molar-refractivity contribution in [1.29, 1.82) is 0 Å². The number of benzene rings is 2. The predicted octanol–water partition coefficient (Wildman–Crippen LogP) is 1.58. The predicted molar refractivity (Wildman–Crippen MR) is 108 cm³/mol. The summed E-state index contributed by atoms with van der Waals surface area (Å²) in [5, 5.41) is 12.5. The zero-order valence-corrected chi connectivity index (χ0v) is 15.5. The van der Waals surface area contributed by atoms with E-state index in [9.17, 15) is 9.90 Å². The zero-order chi connectivity index (χ0) is 19.5. The molecule has 3 aromatic rings. The molecule has 1 aliphatic heterocycles. The number of piperazine rings is 1. The fraction of sp³-hybridized carbons (Fsp3) is 0.286. The van der Waals surface area contributed by atoms with E-state index >= 15 is 0 Å². The number of fused-ring (bicyclic) bond motifs is 1. The molecule has 0 spiro atoms. The summed E-state index contributed by atoms with van der Waals surface area (Å²) in [5.41, 5.74) is 6.69. The lowest BCUT2D eigenvalue weighted by molar-refractivity contribution is 0.0999. The quantitative estimate of drug-likeness (QED) is 0.701. The SMILES string of the molecule is NC(=O)c1cnc(N2CCN(C(CO)c3cccc4ccccc34)CC2)nc1. The fourth-order valence-corrected chi connectivity index (χ4v) is 3.80. The second-order valence-corrected chi connectivity index (χ2v) is 6.93. The van der Waals surface area contributed by atoms with Crippen LogP contribution < -0.4 is 10.6 Å². The number of rotatable bonds is 5. The summed E-state index contributed by atoms with van der Waals surface area (Å²) in [4.78, 5) is 24.1. The Hall–Kier alpha value is -3.03. The van der Waals surface area contributed by atoms with Crippen LogP contribution in [0.4, 0.5) is 5.95 Å². The molecular formula is C21H23N5O2. The fourth-order valence-electron chi connectivity index (χ4n) is 3.80. The summed E-state index contributed by atoms with van der Waals surface area (Å²) >= 11 is 0. The minimum atomic E-state index is -0.530. The molecule has 1 fully saturated rings. The standard InChI is InChI=1S/C21H23N5O2/c22-20(28)16-12-23-21(24-13-16)26-10-8-25(9-11-26)19(14-27)18-7-3-5-15-4-1-2-6-17(15)18/h1-7,12-13,19,27H,8-11,14H2,(H2,22,28). The Bertz CT molecular complexity index is 963. The first kappa shape index (κ1) is 18.3. The number of aliphatic hydroxyl groups is 1. The van der Waals surface area contributed by atoms with E-state index in [2.05, 4.69) is 44.0 Å². The number of anilines is 1. The maximum absolute atomic E-state index is 11.2. The molecule has 1 unspecified atom stereocenters. The second kappa shape index (κ2) is 7.92. The van der Waals surface area contributed by atoms with Crippen LogP contribution in [0.15, 0.2) is 54.9 Å². The van der Waals surface area contributed by atoms with Gasteiger partial charge < -0.3 is 15.7 Å². The topological polar surface area (TPSA) is 95.6 Å². The first-order valence-corrected chi connectivity index (χ1v) is 9.36. The Balaban J connectivity index is 1.49. The minimum absolute atomic E-state index is 0.0496. The molecule has 7 heteroatoms.